The molecule has 1 saturated carbocycles. The lowest BCUT2D eigenvalue weighted by molar-refractivity contribution is -0.152. The Labute approximate surface area is 113 Å². The van der Waals surface area contributed by atoms with Gasteiger partial charge in [0, 0.05) is 4.88 Å². The highest BCUT2D eigenvalue weighted by atomic mass is 32.1. The second-order valence-electron chi connectivity index (χ2n) is 5.52. The van der Waals surface area contributed by atoms with Crippen LogP contribution in [0.15, 0.2) is 17.5 Å². The fraction of sp³-hybridized carbons (Fsp3) is 0.667. The fourth-order valence-electron chi connectivity index (χ4n) is 3.03. The van der Waals surface area contributed by atoms with Crippen LogP contribution in [0.3, 0.4) is 0 Å². The molecule has 0 aliphatic heterocycles. The van der Waals surface area contributed by atoms with Crippen LogP contribution in [-0.4, -0.2) is 11.1 Å². The molecule has 0 spiro atoms. The van der Waals surface area contributed by atoms with Crippen LogP contribution < -0.4 is 0 Å². The molecular weight excluding hydrogens is 244 g/mol. The largest absolute Gasteiger partial charge is 0.481 e. The first-order valence-corrected chi connectivity index (χ1v) is 7.80. The van der Waals surface area contributed by atoms with Gasteiger partial charge in [-0.3, -0.25) is 4.79 Å². The number of aryl methyl sites for hydroxylation is 1. The van der Waals surface area contributed by atoms with Crippen molar-refractivity contribution in [2.75, 3.05) is 0 Å². The lowest BCUT2D eigenvalue weighted by Crippen LogP contribution is -2.35. The lowest BCUT2D eigenvalue weighted by atomic mass is 9.67. The average Bonchev–Trinajstić information content (AvgIpc) is 2.90. The molecule has 0 unspecified atom stereocenters. The van der Waals surface area contributed by atoms with Crippen LogP contribution in [0.5, 0.6) is 0 Å². The monoisotopic (exact) mass is 266 g/mol. The van der Waals surface area contributed by atoms with Crippen LogP contribution in [0.2, 0.25) is 0 Å². The molecule has 100 valence electrons. The van der Waals surface area contributed by atoms with E-state index in [0.29, 0.717) is 0 Å². The molecule has 0 radical (unpaired) electrons. The Morgan fingerprint density at radius 2 is 2.22 bits per heavy atom. The molecule has 1 aliphatic carbocycles. The highest BCUT2D eigenvalue weighted by Crippen LogP contribution is 2.43. The maximum Gasteiger partial charge on any atom is 0.309 e. The van der Waals surface area contributed by atoms with Crippen molar-refractivity contribution in [2.45, 2.75) is 51.9 Å². The molecule has 1 aromatic heterocycles. The van der Waals surface area contributed by atoms with Gasteiger partial charge in [-0.15, -0.1) is 11.3 Å². The molecule has 0 atom stereocenters. The molecule has 1 fully saturated rings. The zero-order valence-corrected chi connectivity index (χ0v) is 11.8. The van der Waals surface area contributed by atoms with Crippen LogP contribution in [0.4, 0.5) is 0 Å². The smallest absolute Gasteiger partial charge is 0.309 e. The highest BCUT2D eigenvalue weighted by molar-refractivity contribution is 7.09. The molecule has 1 aromatic rings. The van der Waals surface area contributed by atoms with E-state index in [2.05, 4.69) is 18.4 Å². The third-order valence-electron chi connectivity index (χ3n) is 4.52. The first-order chi connectivity index (χ1) is 8.66. The predicted octanol–water partition coefficient (Wildman–Crippen LogP) is 4.35. The fourth-order valence-corrected chi connectivity index (χ4v) is 3.74. The third-order valence-corrected chi connectivity index (χ3v) is 5.46. The summed E-state index contributed by atoms with van der Waals surface area (Å²) in [7, 11) is 0. The number of hydrogen-bond donors (Lipinski definition) is 1. The summed E-state index contributed by atoms with van der Waals surface area (Å²) < 4.78 is 0. The van der Waals surface area contributed by atoms with E-state index >= 15 is 0 Å². The normalized spacial score (nSPS) is 28.2. The minimum Gasteiger partial charge on any atom is -0.481 e. The van der Waals surface area contributed by atoms with Crippen molar-refractivity contribution in [1.29, 1.82) is 0 Å². The van der Waals surface area contributed by atoms with E-state index in [9.17, 15) is 9.90 Å². The predicted molar refractivity (Wildman–Crippen MR) is 75.0 cm³/mol. The van der Waals surface area contributed by atoms with Gasteiger partial charge in [-0.25, -0.2) is 0 Å². The Hall–Kier alpha value is -0.830. The lowest BCUT2D eigenvalue weighted by Gasteiger charge is -2.36. The second kappa shape index (κ2) is 5.87. The number of aliphatic carboxylic acids is 1. The Morgan fingerprint density at radius 1 is 1.50 bits per heavy atom. The third kappa shape index (κ3) is 2.94. The number of carbonyl (C=O) groups is 1. The highest BCUT2D eigenvalue weighted by Gasteiger charge is 2.41. The van der Waals surface area contributed by atoms with Crippen LogP contribution in [0.1, 0.15) is 50.3 Å². The summed E-state index contributed by atoms with van der Waals surface area (Å²) in [6.45, 7) is 2.21. The second-order valence-corrected chi connectivity index (χ2v) is 6.55. The number of thiophene rings is 1. The molecule has 3 heteroatoms. The van der Waals surface area contributed by atoms with Crippen molar-refractivity contribution in [3.8, 4) is 0 Å². The van der Waals surface area contributed by atoms with E-state index in [4.69, 9.17) is 0 Å². The van der Waals surface area contributed by atoms with E-state index in [1.54, 1.807) is 11.3 Å². The molecular formula is C15H22O2S. The Kier molecular flexibility index (Phi) is 4.44. The van der Waals surface area contributed by atoms with Crippen molar-refractivity contribution >= 4 is 17.3 Å². The van der Waals surface area contributed by atoms with E-state index in [0.717, 1.165) is 44.4 Å². The Balaban J connectivity index is 1.97. The van der Waals surface area contributed by atoms with Crippen molar-refractivity contribution in [2.24, 2.45) is 11.3 Å². The summed E-state index contributed by atoms with van der Waals surface area (Å²) in [4.78, 5) is 12.9. The van der Waals surface area contributed by atoms with Crippen LogP contribution in [0, 0.1) is 11.3 Å². The van der Waals surface area contributed by atoms with Gasteiger partial charge in [-0.05, 0) is 55.9 Å². The Bertz CT molecular complexity index is 375. The van der Waals surface area contributed by atoms with Gasteiger partial charge >= 0.3 is 5.97 Å². The van der Waals surface area contributed by atoms with Gasteiger partial charge in [0.15, 0.2) is 0 Å². The summed E-state index contributed by atoms with van der Waals surface area (Å²) in [5.41, 5.74) is -0.449. The van der Waals surface area contributed by atoms with E-state index < -0.39 is 11.4 Å². The number of hydrogen-bond acceptors (Lipinski definition) is 2. The van der Waals surface area contributed by atoms with Crippen molar-refractivity contribution in [3.63, 3.8) is 0 Å². The van der Waals surface area contributed by atoms with E-state index in [1.165, 1.54) is 11.3 Å². The molecule has 1 N–H and O–H groups in total. The Morgan fingerprint density at radius 3 is 2.72 bits per heavy atom. The first kappa shape index (κ1) is 13.6. The van der Waals surface area contributed by atoms with Crippen LogP contribution in [-0.2, 0) is 11.2 Å². The van der Waals surface area contributed by atoms with Gasteiger partial charge in [0.25, 0.3) is 0 Å². The molecule has 0 aromatic carbocycles. The average molecular weight is 266 g/mol. The summed E-state index contributed by atoms with van der Waals surface area (Å²) in [6.07, 6.45) is 6.83. The van der Waals surface area contributed by atoms with Gasteiger partial charge < -0.3 is 5.11 Å². The maximum absolute atomic E-state index is 11.6. The van der Waals surface area contributed by atoms with Crippen molar-refractivity contribution < 1.29 is 9.90 Å². The standard InChI is InChI=1S/C15H22O2S/c1-2-12-5-8-15(9-6-12,14(16)17)10-7-13-4-3-11-18-13/h3-4,11-12H,2,5-10H2,1H3,(H,16,17). The minimum absolute atomic E-state index is 0.449. The van der Waals surface area contributed by atoms with Gasteiger partial charge in [-0.2, -0.15) is 0 Å². The maximum atomic E-state index is 11.6. The quantitative estimate of drug-likeness (QED) is 0.860. The summed E-state index contributed by atoms with van der Waals surface area (Å²) in [5, 5.41) is 11.6. The van der Waals surface area contributed by atoms with Gasteiger partial charge in [-0.1, -0.05) is 19.4 Å². The topological polar surface area (TPSA) is 37.3 Å². The zero-order valence-electron chi connectivity index (χ0n) is 11.0. The summed E-state index contributed by atoms with van der Waals surface area (Å²) in [5.74, 6) is 0.174. The van der Waals surface area contributed by atoms with Gasteiger partial charge in [0.05, 0.1) is 5.41 Å². The molecule has 2 rings (SSSR count). The molecule has 1 aliphatic rings. The molecule has 0 amide bonds. The molecule has 1 heterocycles. The minimum atomic E-state index is -0.575. The SMILES string of the molecule is CCC1CCC(CCc2cccs2)(C(=O)O)CC1. The molecule has 0 saturated heterocycles. The van der Waals surface area contributed by atoms with Gasteiger partial charge in [0.2, 0.25) is 0 Å². The number of carboxylic acids is 1. The van der Waals surface area contributed by atoms with Gasteiger partial charge in [0.1, 0.15) is 0 Å². The van der Waals surface area contributed by atoms with E-state index in [-0.39, 0.29) is 0 Å². The number of carboxylic acid groups (broad SMARTS) is 1. The summed E-state index contributed by atoms with van der Waals surface area (Å²) in [6, 6.07) is 4.15. The molecule has 2 nitrogen and oxygen atoms in total. The van der Waals surface area contributed by atoms with Crippen LogP contribution >= 0.6 is 11.3 Å². The van der Waals surface area contributed by atoms with E-state index in [1.807, 2.05) is 6.07 Å². The molecule has 18 heavy (non-hydrogen) atoms. The summed E-state index contributed by atoms with van der Waals surface area (Å²) >= 11 is 1.73. The van der Waals surface area contributed by atoms with Crippen molar-refractivity contribution in [1.82, 2.24) is 0 Å². The molecule has 0 bridgehead atoms. The van der Waals surface area contributed by atoms with Crippen molar-refractivity contribution in [3.05, 3.63) is 22.4 Å². The number of rotatable bonds is 5. The first-order valence-electron chi connectivity index (χ1n) is 6.92. The van der Waals surface area contributed by atoms with Crippen LogP contribution in [0.25, 0.3) is 0 Å². The zero-order chi connectivity index (χ0) is 13.0.